The van der Waals surface area contributed by atoms with Gasteiger partial charge in [0.1, 0.15) is 12.1 Å². The molecule has 17 heavy (non-hydrogen) atoms. The first kappa shape index (κ1) is 11.3. The van der Waals surface area contributed by atoms with Gasteiger partial charge in [-0.15, -0.1) is 0 Å². The van der Waals surface area contributed by atoms with Crippen molar-refractivity contribution in [1.29, 1.82) is 0 Å². The molecule has 0 aliphatic carbocycles. The molecule has 0 radical (unpaired) electrons. The van der Waals surface area contributed by atoms with Gasteiger partial charge in [0.25, 0.3) is 0 Å². The lowest BCUT2D eigenvalue weighted by Crippen LogP contribution is -2.30. The van der Waals surface area contributed by atoms with Crippen LogP contribution < -0.4 is 5.32 Å². The molecule has 0 bridgehead atoms. The molecule has 88 valence electrons. The molecule has 0 unspecified atom stereocenters. The maximum absolute atomic E-state index is 12.7. The summed E-state index contributed by atoms with van der Waals surface area (Å²) in [6.07, 6.45) is 4.52. The predicted molar refractivity (Wildman–Crippen MR) is 61.0 cm³/mol. The van der Waals surface area contributed by atoms with Crippen molar-refractivity contribution in [3.05, 3.63) is 54.4 Å². The molecule has 0 spiro atoms. The van der Waals surface area contributed by atoms with Crippen molar-refractivity contribution < 1.29 is 9.18 Å². The van der Waals surface area contributed by atoms with Crippen LogP contribution in [-0.4, -0.2) is 15.6 Å². The summed E-state index contributed by atoms with van der Waals surface area (Å²) in [6, 6.07) is 5.58. The Bertz CT molecular complexity index is 493. The van der Waals surface area contributed by atoms with Crippen molar-refractivity contribution >= 4 is 6.03 Å². The topological polar surface area (TPSA) is 46.9 Å². The Labute approximate surface area is 98.1 Å². The fourth-order valence-electron chi connectivity index (χ4n) is 1.47. The third-order valence-corrected chi connectivity index (χ3v) is 2.45. The molecule has 1 N–H and O–H groups in total. The van der Waals surface area contributed by atoms with E-state index < -0.39 is 0 Å². The van der Waals surface area contributed by atoms with Gasteiger partial charge in [-0.25, -0.2) is 14.2 Å². The fourth-order valence-corrected chi connectivity index (χ4v) is 1.47. The Balaban J connectivity index is 2.04. The Morgan fingerprint density at radius 3 is 2.71 bits per heavy atom. The van der Waals surface area contributed by atoms with E-state index in [2.05, 4.69) is 10.3 Å². The van der Waals surface area contributed by atoms with Gasteiger partial charge in [-0.1, -0.05) is 12.1 Å². The monoisotopic (exact) mass is 233 g/mol. The summed E-state index contributed by atoms with van der Waals surface area (Å²) in [5, 5.41) is 2.78. The standard InChI is InChI=1S/C12H12FN3O/c1-9(10-2-4-11(13)5-3-10)15-12(17)16-7-6-14-8-16/h2-9H,1H3,(H,15,17)/t9-/m0/s1. The maximum atomic E-state index is 12.7. The first-order chi connectivity index (χ1) is 8.16. The molecule has 0 saturated heterocycles. The molecular weight excluding hydrogens is 221 g/mol. The van der Waals surface area contributed by atoms with Crippen LogP contribution >= 0.6 is 0 Å². The molecule has 0 saturated carbocycles. The van der Waals surface area contributed by atoms with Crippen molar-refractivity contribution in [3.63, 3.8) is 0 Å². The molecule has 0 aliphatic rings. The van der Waals surface area contributed by atoms with Crippen LogP contribution in [0.5, 0.6) is 0 Å². The molecule has 1 aromatic heterocycles. The molecule has 1 heterocycles. The van der Waals surface area contributed by atoms with Crippen LogP contribution in [-0.2, 0) is 0 Å². The number of benzene rings is 1. The first-order valence-electron chi connectivity index (χ1n) is 5.21. The van der Waals surface area contributed by atoms with E-state index in [4.69, 9.17) is 0 Å². The highest BCUT2D eigenvalue weighted by atomic mass is 19.1. The second-order valence-corrected chi connectivity index (χ2v) is 3.69. The van der Waals surface area contributed by atoms with Gasteiger partial charge >= 0.3 is 6.03 Å². The second kappa shape index (κ2) is 4.78. The van der Waals surface area contributed by atoms with Crippen LogP contribution in [0.25, 0.3) is 0 Å². The quantitative estimate of drug-likeness (QED) is 0.865. The van der Waals surface area contributed by atoms with Crippen LogP contribution in [0.2, 0.25) is 0 Å². The first-order valence-corrected chi connectivity index (χ1v) is 5.21. The molecule has 1 atom stereocenters. The van der Waals surface area contributed by atoms with E-state index in [1.54, 1.807) is 18.3 Å². The molecule has 0 fully saturated rings. The summed E-state index contributed by atoms with van der Waals surface area (Å²) in [5.41, 5.74) is 0.847. The summed E-state index contributed by atoms with van der Waals surface area (Å²) >= 11 is 0. The van der Waals surface area contributed by atoms with E-state index in [1.807, 2.05) is 6.92 Å². The molecular formula is C12H12FN3O. The maximum Gasteiger partial charge on any atom is 0.327 e. The van der Waals surface area contributed by atoms with Gasteiger partial charge in [0, 0.05) is 12.4 Å². The minimum absolute atomic E-state index is 0.189. The molecule has 4 nitrogen and oxygen atoms in total. The highest BCUT2D eigenvalue weighted by Crippen LogP contribution is 2.12. The van der Waals surface area contributed by atoms with Crippen LogP contribution in [0.15, 0.2) is 43.0 Å². The summed E-state index contributed by atoms with van der Waals surface area (Å²) in [7, 11) is 0. The van der Waals surface area contributed by atoms with Crippen molar-refractivity contribution in [1.82, 2.24) is 14.9 Å². The van der Waals surface area contributed by atoms with Gasteiger partial charge < -0.3 is 5.32 Å². The number of amides is 1. The minimum atomic E-state index is -0.290. The number of hydrogen-bond donors (Lipinski definition) is 1. The Kier molecular flexibility index (Phi) is 3.18. The number of carbonyl (C=O) groups excluding carboxylic acids is 1. The lowest BCUT2D eigenvalue weighted by Gasteiger charge is -2.14. The van der Waals surface area contributed by atoms with Gasteiger partial charge in [-0.05, 0) is 24.6 Å². The lowest BCUT2D eigenvalue weighted by molar-refractivity contribution is 0.239. The van der Waals surface area contributed by atoms with Crippen LogP contribution in [0.4, 0.5) is 9.18 Å². The van der Waals surface area contributed by atoms with Gasteiger partial charge in [-0.2, -0.15) is 0 Å². The van der Waals surface area contributed by atoms with E-state index >= 15 is 0 Å². The molecule has 1 aromatic carbocycles. The zero-order valence-electron chi connectivity index (χ0n) is 9.30. The molecule has 0 aliphatic heterocycles. The van der Waals surface area contributed by atoms with Crippen LogP contribution in [0.1, 0.15) is 18.5 Å². The number of rotatable bonds is 2. The second-order valence-electron chi connectivity index (χ2n) is 3.69. The highest BCUT2D eigenvalue weighted by molar-refractivity contribution is 5.76. The SMILES string of the molecule is C[C@H](NC(=O)n1ccnc1)c1ccc(F)cc1. The summed E-state index contributed by atoms with van der Waals surface area (Å²) < 4.78 is 14.1. The van der Waals surface area contributed by atoms with Crippen LogP contribution in [0.3, 0.4) is 0 Å². The number of aromatic nitrogens is 2. The van der Waals surface area contributed by atoms with Crippen molar-refractivity contribution in [3.8, 4) is 0 Å². The number of hydrogen-bond acceptors (Lipinski definition) is 2. The van der Waals surface area contributed by atoms with Gasteiger partial charge in [0.15, 0.2) is 0 Å². The Morgan fingerprint density at radius 2 is 2.12 bits per heavy atom. The Morgan fingerprint density at radius 1 is 1.41 bits per heavy atom. The van der Waals surface area contributed by atoms with E-state index in [1.165, 1.54) is 29.2 Å². The number of imidazole rings is 1. The van der Waals surface area contributed by atoms with Gasteiger partial charge in [-0.3, -0.25) is 4.57 Å². The third-order valence-electron chi connectivity index (χ3n) is 2.45. The fraction of sp³-hybridized carbons (Fsp3) is 0.167. The largest absolute Gasteiger partial charge is 0.331 e. The average molecular weight is 233 g/mol. The van der Waals surface area contributed by atoms with E-state index in [-0.39, 0.29) is 17.9 Å². The number of nitrogens with zero attached hydrogens (tertiary/aromatic N) is 2. The molecule has 5 heteroatoms. The van der Waals surface area contributed by atoms with E-state index in [0.29, 0.717) is 0 Å². The van der Waals surface area contributed by atoms with E-state index in [0.717, 1.165) is 5.56 Å². The number of carbonyl (C=O) groups is 1. The van der Waals surface area contributed by atoms with E-state index in [9.17, 15) is 9.18 Å². The Hall–Kier alpha value is -2.17. The predicted octanol–water partition coefficient (Wildman–Crippen LogP) is 2.34. The summed E-state index contributed by atoms with van der Waals surface area (Å²) in [4.78, 5) is 15.5. The third kappa shape index (κ3) is 2.69. The number of halogens is 1. The van der Waals surface area contributed by atoms with Gasteiger partial charge in [0.2, 0.25) is 0 Å². The normalized spacial score (nSPS) is 12.1. The molecule has 2 aromatic rings. The van der Waals surface area contributed by atoms with Crippen LogP contribution in [0, 0.1) is 5.82 Å². The highest BCUT2D eigenvalue weighted by Gasteiger charge is 2.10. The van der Waals surface area contributed by atoms with Crippen molar-refractivity contribution in [2.24, 2.45) is 0 Å². The molecule has 2 rings (SSSR count). The summed E-state index contributed by atoms with van der Waals surface area (Å²) in [5.74, 6) is -0.290. The van der Waals surface area contributed by atoms with Gasteiger partial charge in [0.05, 0.1) is 6.04 Å². The smallest absolute Gasteiger partial charge is 0.327 e. The lowest BCUT2D eigenvalue weighted by atomic mass is 10.1. The summed E-state index contributed by atoms with van der Waals surface area (Å²) in [6.45, 7) is 1.84. The minimum Gasteiger partial charge on any atom is -0.331 e. The van der Waals surface area contributed by atoms with Crippen molar-refractivity contribution in [2.45, 2.75) is 13.0 Å². The molecule has 1 amide bonds. The average Bonchev–Trinajstić information content (AvgIpc) is 2.83. The van der Waals surface area contributed by atoms with Crippen molar-refractivity contribution in [2.75, 3.05) is 0 Å². The zero-order chi connectivity index (χ0) is 12.3. The number of nitrogens with one attached hydrogen (secondary N) is 1. The zero-order valence-corrected chi connectivity index (χ0v) is 9.30.